The van der Waals surface area contributed by atoms with Gasteiger partial charge in [0.05, 0.1) is 18.9 Å². The Balaban J connectivity index is 2.10. The van der Waals surface area contributed by atoms with Crippen LogP contribution in [0.25, 0.3) is 0 Å². The molecule has 0 spiro atoms. The van der Waals surface area contributed by atoms with Crippen LogP contribution in [0.2, 0.25) is 0 Å². The van der Waals surface area contributed by atoms with Gasteiger partial charge in [-0.15, -0.1) is 0 Å². The molecule has 6 nitrogen and oxygen atoms in total. The fraction of sp³-hybridized carbons (Fsp3) is 0.700. The minimum absolute atomic E-state index is 0.0164. The van der Waals surface area contributed by atoms with Crippen LogP contribution in [0.1, 0.15) is 52.7 Å². The number of furan rings is 1. The minimum atomic E-state index is -0.131. The van der Waals surface area contributed by atoms with Crippen LogP contribution in [-0.4, -0.2) is 53.5 Å². The Morgan fingerprint density at radius 1 is 1.31 bits per heavy atom. The van der Waals surface area contributed by atoms with Crippen LogP contribution < -0.4 is 0 Å². The highest BCUT2D eigenvalue weighted by Crippen LogP contribution is 2.17. The molecule has 1 aromatic rings. The van der Waals surface area contributed by atoms with Crippen molar-refractivity contribution in [1.29, 1.82) is 0 Å². The quantitative estimate of drug-likeness (QED) is 0.675. The molecule has 0 radical (unpaired) electrons. The number of hydrogen-bond donors (Lipinski definition) is 0. The number of hydrogen-bond acceptors (Lipinski definition) is 4. The van der Waals surface area contributed by atoms with Gasteiger partial charge in [-0.1, -0.05) is 20.8 Å². The molecule has 1 aliphatic heterocycles. The molecule has 0 N–H and O–H groups in total. The van der Waals surface area contributed by atoms with Gasteiger partial charge < -0.3 is 19.0 Å². The normalized spacial score (nSPS) is 18.1. The highest BCUT2D eigenvalue weighted by Gasteiger charge is 2.28. The summed E-state index contributed by atoms with van der Waals surface area (Å²) >= 11 is 0. The molecule has 0 bridgehead atoms. The van der Waals surface area contributed by atoms with Crippen molar-refractivity contribution in [1.82, 2.24) is 9.80 Å². The molecule has 2 amide bonds. The first-order valence-corrected chi connectivity index (χ1v) is 9.64. The van der Waals surface area contributed by atoms with Crippen LogP contribution in [0.3, 0.4) is 0 Å². The van der Waals surface area contributed by atoms with Gasteiger partial charge in [0.2, 0.25) is 11.8 Å². The first-order valence-electron chi connectivity index (χ1n) is 9.64. The van der Waals surface area contributed by atoms with E-state index in [4.69, 9.17) is 9.15 Å². The lowest BCUT2D eigenvalue weighted by atomic mass is 10.1. The van der Waals surface area contributed by atoms with E-state index in [1.165, 1.54) is 0 Å². The molecular weight excluding hydrogens is 332 g/mol. The maximum Gasteiger partial charge on any atom is 0.242 e. The molecule has 0 saturated carbocycles. The lowest BCUT2D eigenvalue weighted by molar-refractivity contribution is -0.145. The molecule has 26 heavy (non-hydrogen) atoms. The van der Waals surface area contributed by atoms with Crippen molar-refractivity contribution in [2.45, 2.75) is 65.6 Å². The number of nitrogens with zero attached hydrogens (tertiary/aromatic N) is 2. The van der Waals surface area contributed by atoms with Crippen molar-refractivity contribution >= 4 is 11.8 Å². The minimum Gasteiger partial charge on any atom is -0.467 e. The summed E-state index contributed by atoms with van der Waals surface area (Å²) in [5.41, 5.74) is 0. The predicted octanol–water partition coefficient (Wildman–Crippen LogP) is 3.07. The topological polar surface area (TPSA) is 63.0 Å². The number of carbonyl (C=O) groups is 2. The molecular formula is C20H32N2O4. The third-order valence-electron chi connectivity index (χ3n) is 4.93. The van der Waals surface area contributed by atoms with E-state index in [0.29, 0.717) is 13.1 Å². The van der Waals surface area contributed by atoms with Gasteiger partial charge in [0.1, 0.15) is 12.3 Å². The van der Waals surface area contributed by atoms with Crippen LogP contribution in [0, 0.1) is 5.92 Å². The smallest absolute Gasteiger partial charge is 0.242 e. The van der Waals surface area contributed by atoms with Gasteiger partial charge in [-0.2, -0.15) is 0 Å². The van der Waals surface area contributed by atoms with Crippen LogP contribution in [0.15, 0.2) is 22.8 Å². The molecule has 1 saturated heterocycles. The second-order valence-electron chi connectivity index (χ2n) is 7.37. The predicted molar refractivity (Wildman–Crippen MR) is 99.4 cm³/mol. The Labute approximate surface area is 156 Å². The van der Waals surface area contributed by atoms with E-state index in [1.807, 2.05) is 39.8 Å². The number of rotatable bonds is 9. The maximum absolute atomic E-state index is 13.0. The summed E-state index contributed by atoms with van der Waals surface area (Å²) in [6, 6.07) is 3.71. The van der Waals surface area contributed by atoms with E-state index in [0.717, 1.165) is 31.6 Å². The molecule has 1 fully saturated rings. The summed E-state index contributed by atoms with van der Waals surface area (Å²) < 4.78 is 11.1. The molecule has 0 aromatic carbocycles. The standard InChI is InChI=1S/C20H32N2O4/c1-5-16(4)22(20(24)15(2)3)14-19(23)21(12-17-8-6-10-25-17)13-18-9-7-11-26-18/h6,8,10,15-16,18H,5,7,9,11-14H2,1-4H3/t16-,18+/m0/s1. The highest BCUT2D eigenvalue weighted by atomic mass is 16.5. The van der Waals surface area contributed by atoms with E-state index in [1.54, 1.807) is 16.1 Å². The Morgan fingerprint density at radius 3 is 2.62 bits per heavy atom. The first-order chi connectivity index (χ1) is 12.4. The number of carbonyl (C=O) groups excluding carboxylic acids is 2. The zero-order valence-corrected chi connectivity index (χ0v) is 16.4. The average molecular weight is 364 g/mol. The lowest BCUT2D eigenvalue weighted by Gasteiger charge is -2.32. The molecule has 6 heteroatoms. The summed E-state index contributed by atoms with van der Waals surface area (Å²) in [6.07, 6.45) is 4.47. The summed E-state index contributed by atoms with van der Waals surface area (Å²) in [6.45, 7) is 9.54. The summed E-state index contributed by atoms with van der Waals surface area (Å²) in [5, 5.41) is 0. The Kier molecular flexibility index (Phi) is 7.69. The van der Waals surface area contributed by atoms with Crippen molar-refractivity contribution in [2.24, 2.45) is 5.92 Å². The molecule has 1 aromatic heterocycles. The molecule has 2 rings (SSSR count). The van der Waals surface area contributed by atoms with Crippen molar-refractivity contribution in [2.75, 3.05) is 19.7 Å². The SMILES string of the molecule is CC[C@H](C)N(CC(=O)N(Cc1ccco1)C[C@H]1CCCO1)C(=O)C(C)C. The second kappa shape index (κ2) is 9.76. The largest absolute Gasteiger partial charge is 0.467 e. The van der Waals surface area contributed by atoms with Crippen LogP contribution in [0.5, 0.6) is 0 Å². The summed E-state index contributed by atoms with van der Waals surface area (Å²) in [4.78, 5) is 29.1. The van der Waals surface area contributed by atoms with Crippen molar-refractivity contribution in [3.8, 4) is 0 Å². The molecule has 1 aliphatic rings. The number of amides is 2. The van der Waals surface area contributed by atoms with Gasteiger partial charge in [0.25, 0.3) is 0 Å². The van der Waals surface area contributed by atoms with E-state index in [9.17, 15) is 9.59 Å². The molecule has 146 valence electrons. The van der Waals surface area contributed by atoms with Gasteiger partial charge in [-0.3, -0.25) is 9.59 Å². The maximum atomic E-state index is 13.0. The van der Waals surface area contributed by atoms with Gasteiger partial charge in [0.15, 0.2) is 0 Å². The zero-order valence-electron chi connectivity index (χ0n) is 16.4. The van der Waals surface area contributed by atoms with E-state index in [-0.39, 0.29) is 36.4 Å². The first kappa shape index (κ1) is 20.5. The van der Waals surface area contributed by atoms with Crippen molar-refractivity contribution in [3.05, 3.63) is 24.2 Å². The van der Waals surface area contributed by atoms with Crippen molar-refractivity contribution < 1.29 is 18.7 Å². The summed E-state index contributed by atoms with van der Waals surface area (Å²) in [5.74, 6) is 0.559. The zero-order chi connectivity index (χ0) is 19.1. The number of ether oxygens (including phenoxy) is 1. The van der Waals surface area contributed by atoms with Gasteiger partial charge >= 0.3 is 0 Å². The Hall–Kier alpha value is -1.82. The van der Waals surface area contributed by atoms with Crippen molar-refractivity contribution in [3.63, 3.8) is 0 Å². The third kappa shape index (κ3) is 5.59. The fourth-order valence-electron chi connectivity index (χ4n) is 3.13. The molecule has 2 atom stereocenters. The van der Waals surface area contributed by atoms with Crippen LogP contribution in [0.4, 0.5) is 0 Å². The van der Waals surface area contributed by atoms with Gasteiger partial charge in [-0.05, 0) is 38.3 Å². The van der Waals surface area contributed by atoms with E-state index >= 15 is 0 Å². The summed E-state index contributed by atoms with van der Waals surface area (Å²) in [7, 11) is 0. The van der Waals surface area contributed by atoms with Crippen LogP contribution >= 0.6 is 0 Å². The third-order valence-corrected chi connectivity index (χ3v) is 4.93. The molecule has 0 unspecified atom stereocenters. The molecule has 0 aliphatic carbocycles. The van der Waals surface area contributed by atoms with Crippen LogP contribution in [-0.2, 0) is 20.9 Å². The van der Waals surface area contributed by atoms with E-state index < -0.39 is 0 Å². The van der Waals surface area contributed by atoms with Gasteiger partial charge in [0, 0.05) is 25.1 Å². The van der Waals surface area contributed by atoms with Gasteiger partial charge in [-0.25, -0.2) is 0 Å². The molecule has 2 heterocycles. The van der Waals surface area contributed by atoms with E-state index in [2.05, 4.69) is 0 Å². The average Bonchev–Trinajstić information content (AvgIpc) is 3.31. The Bertz CT molecular complexity index is 564. The Morgan fingerprint density at radius 2 is 2.08 bits per heavy atom. The lowest BCUT2D eigenvalue weighted by Crippen LogP contribution is -2.49. The highest BCUT2D eigenvalue weighted by molar-refractivity contribution is 5.86. The monoisotopic (exact) mass is 364 g/mol. The second-order valence-corrected chi connectivity index (χ2v) is 7.37. The fourth-order valence-corrected chi connectivity index (χ4v) is 3.13.